The molecule has 0 atom stereocenters. The smallest absolute Gasteiger partial charge is 0.410 e. The zero-order valence-electron chi connectivity index (χ0n) is 13.2. The minimum absolute atomic E-state index is 0.0793. The molecule has 2 heterocycles. The van der Waals surface area contributed by atoms with Gasteiger partial charge in [-0.2, -0.15) is 0 Å². The van der Waals surface area contributed by atoms with Crippen molar-refractivity contribution in [1.82, 2.24) is 14.9 Å². The van der Waals surface area contributed by atoms with Gasteiger partial charge in [0.05, 0.1) is 6.20 Å². The van der Waals surface area contributed by atoms with Gasteiger partial charge in [-0.25, -0.2) is 9.78 Å². The number of ether oxygens (including phenoxy) is 1. The minimum atomic E-state index is -0.503. The molecule has 1 aromatic rings. The zero-order valence-corrected chi connectivity index (χ0v) is 13.2. The third-order valence-corrected chi connectivity index (χ3v) is 3.33. The van der Waals surface area contributed by atoms with E-state index in [4.69, 9.17) is 4.74 Å². The molecule has 0 spiro atoms. The second-order valence-corrected chi connectivity index (χ2v) is 6.32. The molecule has 0 unspecified atom stereocenters. The Balaban J connectivity index is 1.82. The maximum absolute atomic E-state index is 12.2. The fourth-order valence-corrected chi connectivity index (χ4v) is 2.24. The van der Waals surface area contributed by atoms with E-state index in [1.807, 2.05) is 20.8 Å². The SMILES string of the molecule is CC(C)(C)OC(=O)N1CCC(C(=O)Nc2cnccn2)CC1. The van der Waals surface area contributed by atoms with Crippen molar-refractivity contribution < 1.29 is 14.3 Å². The van der Waals surface area contributed by atoms with Crippen LogP contribution in [0.15, 0.2) is 18.6 Å². The summed E-state index contributed by atoms with van der Waals surface area (Å²) in [5.74, 6) is 0.243. The molecule has 0 saturated carbocycles. The molecule has 0 bridgehead atoms. The number of anilines is 1. The molecule has 1 fully saturated rings. The van der Waals surface area contributed by atoms with Crippen molar-refractivity contribution in [1.29, 1.82) is 0 Å². The number of likely N-dealkylation sites (tertiary alicyclic amines) is 1. The highest BCUT2D eigenvalue weighted by atomic mass is 16.6. The Kier molecular flexibility index (Phi) is 4.95. The molecule has 22 heavy (non-hydrogen) atoms. The van der Waals surface area contributed by atoms with Crippen molar-refractivity contribution in [3.63, 3.8) is 0 Å². The fourth-order valence-electron chi connectivity index (χ4n) is 2.24. The van der Waals surface area contributed by atoms with Crippen LogP contribution in [0.4, 0.5) is 10.6 Å². The van der Waals surface area contributed by atoms with Crippen molar-refractivity contribution in [2.45, 2.75) is 39.2 Å². The molecular formula is C15H22N4O3. The van der Waals surface area contributed by atoms with Gasteiger partial charge in [0.1, 0.15) is 5.60 Å². The number of aromatic nitrogens is 2. The quantitative estimate of drug-likeness (QED) is 0.904. The molecule has 1 N–H and O–H groups in total. The van der Waals surface area contributed by atoms with Crippen molar-refractivity contribution in [3.05, 3.63) is 18.6 Å². The van der Waals surface area contributed by atoms with E-state index < -0.39 is 5.60 Å². The zero-order chi connectivity index (χ0) is 16.2. The summed E-state index contributed by atoms with van der Waals surface area (Å²) in [4.78, 5) is 33.7. The first-order valence-electron chi connectivity index (χ1n) is 7.40. The lowest BCUT2D eigenvalue weighted by Crippen LogP contribution is -2.43. The van der Waals surface area contributed by atoms with Crippen LogP contribution < -0.4 is 5.32 Å². The average Bonchev–Trinajstić information content (AvgIpc) is 2.46. The number of hydrogen-bond acceptors (Lipinski definition) is 5. The first-order valence-corrected chi connectivity index (χ1v) is 7.40. The minimum Gasteiger partial charge on any atom is -0.444 e. The summed E-state index contributed by atoms with van der Waals surface area (Å²) in [7, 11) is 0. The maximum Gasteiger partial charge on any atom is 0.410 e. The number of nitrogens with zero attached hydrogens (tertiary/aromatic N) is 3. The van der Waals surface area contributed by atoms with E-state index in [9.17, 15) is 9.59 Å². The Bertz CT molecular complexity index is 519. The fraction of sp³-hybridized carbons (Fsp3) is 0.600. The highest BCUT2D eigenvalue weighted by Gasteiger charge is 2.30. The second-order valence-electron chi connectivity index (χ2n) is 6.32. The molecule has 7 heteroatoms. The lowest BCUT2D eigenvalue weighted by atomic mass is 9.96. The average molecular weight is 306 g/mol. The number of carbonyl (C=O) groups excluding carboxylic acids is 2. The van der Waals surface area contributed by atoms with E-state index in [2.05, 4.69) is 15.3 Å². The topological polar surface area (TPSA) is 84.4 Å². The van der Waals surface area contributed by atoms with Gasteiger partial charge in [0.25, 0.3) is 0 Å². The third-order valence-electron chi connectivity index (χ3n) is 3.33. The van der Waals surface area contributed by atoms with Crippen LogP contribution in [-0.2, 0) is 9.53 Å². The van der Waals surface area contributed by atoms with Crippen LogP contribution in [0, 0.1) is 5.92 Å². The molecule has 2 rings (SSSR count). The largest absolute Gasteiger partial charge is 0.444 e. The molecule has 1 aliphatic heterocycles. The molecule has 0 aromatic carbocycles. The van der Waals surface area contributed by atoms with E-state index in [-0.39, 0.29) is 17.9 Å². The molecule has 2 amide bonds. The maximum atomic E-state index is 12.2. The number of rotatable bonds is 2. The van der Waals surface area contributed by atoms with Crippen molar-refractivity contribution in [2.24, 2.45) is 5.92 Å². The number of piperidine rings is 1. The van der Waals surface area contributed by atoms with Gasteiger partial charge in [0.2, 0.25) is 5.91 Å². The summed E-state index contributed by atoms with van der Waals surface area (Å²) in [6.07, 6.45) is 5.50. The molecule has 1 saturated heterocycles. The molecule has 1 aliphatic rings. The number of nitrogens with one attached hydrogen (secondary N) is 1. The summed E-state index contributed by atoms with van der Waals surface area (Å²) < 4.78 is 5.34. The van der Waals surface area contributed by atoms with Gasteiger partial charge in [-0.3, -0.25) is 9.78 Å². The number of carbonyl (C=O) groups is 2. The Morgan fingerprint density at radius 1 is 1.27 bits per heavy atom. The third kappa shape index (κ3) is 4.68. The van der Waals surface area contributed by atoms with Gasteiger partial charge >= 0.3 is 6.09 Å². The number of hydrogen-bond donors (Lipinski definition) is 1. The first-order chi connectivity index (χ1) is 10.3. The summed E-state index contributed by atoms with van der Waals surface area (Å²) in [6.45, 7) is 6.56. The number of amides is 2. The van der Waals surface area contributed by atoms with Crippen LogP contribution in [-0.4, -0.2) is 45.6 Å². The predicted molar refractivity (Wildman–Crippen MR) is 81.2 cm³/mol. The standard InChI is InChI=1S/C15H22N4O3/c1-15(2,3)22-14(21)19-8-4-11(5-9-19)13(20)18-12-10-16-6-7-17-12/h6-7,10-11H,4-5,8-9H2,1-3H3,(H,17,18,20). The van der Waals surface area contributed by atoms with Crippen LogP contribution in [0.2, 0.25) is 0 Å². The van der Waals surface area contributed by atoms with Crippen LogP contribution in [0.5, 0.6) is 0 Å². The van der Waals surface area contributed by atoms with Gasteiger partial charge in [0.15, 0.2) is 5.82 Å². The summed E-state index contributed by atoms with van der Waals surface area (Å²) >= 11 is 0. The van der Waals surface area contributed by atoms with Crippen molar-refractivity contribution >= 4 is 17.8 Å². The van der Waals surface area contributed by atoms with E-state index in [1.54, 1.807) is 11.1 Å². The van der Waals surface area contributed by atoms with Gasteiger partial charge in [-0.1, -0.05) is 0 Å². The van der Waals surface area contributed by atoms with Crippen LogP contribution in [0.25, 0.3) is 0 Å². The van der Waals surface area contributed by atoms with E-state index >= 15 is 0 Å². The van der Waals surface area contributed by atoms with Crippen molar-refractivity contribution in [2.75, 3.05) is 18.4 Å². The molecule has 0 aliphatic carbocycles. The second kappa shape index (κ2) is 6.72. The monoisotopic (exact) mass is 306 g/mol. The lowest BCUT2D eigenvalue weighted by molar-refractivity contribution is -0.121. The molecule has 7 nitrogen and oxygen atoms in total. The predicted octanol–water partition coefficient (Wildman–Crippen LogP) is 2.06. The Morgan fingerprint density at radius 3 is 2.50 bits per heavy atom. The van der Waals surface area contributed by atoms with Crippen molar-refractivity contribution in [3.8, 4) is 0 Å². The molecule has 0 radical (unpaired) electrons. The van der Waals surface area contributed by atoms with Crippen LogP contribution in [0.3, 0.4) is 0 Å². The summed E-state index contributed by atoms with van der Waals surface area (Å²) in [5.41, 5.74) is -0.503. The molecule has 120 valence electrons. The molecule has 1 aromatic heterocycles. The Morgan fingerprint density at radius 2 is 1.95 bits per heavy atom. The van der Waals surface area contributed by atoms with Gasteiger partial charge in [-0.15, -0.1) is 0 Å². The van der Waals surface area contributed by atoms with Gasteiger partial charge in [-0.05, 0) is 33.6 Å². The van der Waals surface area contributed by atoms with Crippen LogP contribution >= 0.6 is 0 Å². The van der Waals surface area contributed by atoms with E-state index in [0.29, 0.717) is 31.7 Å². The highest BCUT2D eigenvalue weighted by Crippen LogP contribution is 2.20. The summed E-state index contributed by atoms with van der Waals surface area (Å²) in [6, 6.07) is 0. The first kappa shape index (κ1) is 16.2. The summed E-state index contributed by atoms with van der Waals surface area (Å²) in [5, 5.41) is 2.75. The van der Waals surface area contributed by atoms with Gasteiger partial charge in [0, 0.05) is 31.4 Å². The normalized spacial score (nSPS) is 16.2. The van der Waals surface area contributed by atoms with E-state index in [1.165, 1.54) is 12.4 Å². The Labute approximate surface area is 130 Å². The lowest BCUT2D eigenvalue weighted by Gasteiger charge is -2.32. The molecular weight excluding hydrogens is 284 g/mol. The Hall–Kier alpha value is -2.18. The van der Waals surface area contributed by atoms with E-state index in [0.717, 1.165) is 0 Å². The van der Waals surface area contributed by atoms with Crippen LogP contribution in [0.1, 0.15) is 33.6 Å². The highest BCUT2D eigenvalue weighted by molar-refractivity contribution is 5.91. The van der Waals surface area contributed by atoms with Gasteiger partial charge < -0.3 is 15.0 Å².